The van der Waals surface area contributed by atoms with Gasteiger partial charge in [-0.1, -0.05) is 0 Å². The summed E-state index contributed by atoms with van der Waals surface area (Å²) in [7, 11) is -3.74. The van der Waals surface area contributed by atoms with Gasteiger partial charge in [-0.15, -0.1) is 0 Å². The van der Waals surface area contributed by atoms with Crippen molar-refractivity contribution in [3.63, 3.8) is 0 Å². The van der Waals surface area contributed by atoms with Crippen molar-refractivity contribution in [2.45, 2.75) is 24.4 Å². The van der Waals surface area contributed by atoms with Crippen molar-refractivity contribution in [3.05, 3.63) is 0 Å². The molecule has 1 heterocycles. The first-order valence-electron chi connectivity index (χ1n) is 5.23. The maximum absolute atomic E-state index is 12.3. The Balaban J connectivity index is 2.60. The molecule has 0 aromatic carbocycles. The van der Waals surface area contributed by atoms with Crippen LogP contribution in [0, 0.1) is 0 Å². The van der Waals surface area contributed by atoms with Gasteiger partial charge in [0.25, 0.3) is 0 Å². The van der Waals surface area contributed by atoms with Crippen LogP contribution in [0.1, 0.15) is 12.8 Å². The Morgan fingerprint density at radius 1 is 1.39 bits per heavy atom. The maximum Gasteiger partial charge on any atom is 0.511 e. The smallest absolute Gasteiger partial charge is 0.370 e. The Morgan fingerprint density at radius 2 is 1.89 bits per heavy atom. The fourth-order valence-electron chi connectivity index (χ4n) is 1.66. The van der Waals surface area contributed by atoms with E-state index in [4.69, 9.17) is 5.73 Å². The minimum absolute atomic E-state index is 0.159. The molecule has 0 amide bonds. The summed E-state index contributed by atoms with van der Waals surface area (Å²) in [6, 6.07) is -0.159. The lowest BCUT2D eigenvalue weighted by atomic mass is 10.1. The van der Waals surface area contributed by atoms with Gasteiger partial charge in [0, 0.05) is 26.2 Å². The molecule has 1 aliphatic rings. The van der Waals surface area contributed by atoms with Crippen LogP contribution in [0.5, 0.6) is 0 Å². The van der Waals surface area contributed by atoms with Gasteiger partial charge in [0.05, 0.1) is 0 Å². The minimum Gasteiger partial charge on any atom is -0.370 e. The molecule has 1 aliphatic heterocycles. The van der Waals surface area contributed by atoms with Gasteiger partial charge in [-0.25, -0.2) is 8.42 Å². The third-order valence-electron chi connectivity index (χ3n) is 2.68. The third-order valence-corrected chi connectivity index (χ3v) is 4.31. The third kappa shape index (κ3) is 3.25. The summed E-state index contributed by atoms with van der Waals surface area (Å²) >= 11 is 0. The summed E-state index contributed by atoms with van der Waals surface area (Å²) in [5, 5.41) is 2.80. The van der Waals surface area contributed by atoms with E-state index >= 15 is 0 Å². The number of hydrogen-bond donors (Lipinski definition) is 2. The number of aliphatic imine (C=N–C) groups is 1. The van der Waals surface area contributed by atoms with Crippen molar-refractivity contribution in [2.75, 3.05) is 20.1 Å². The molecule has 3 N–H and O–H groups in total. The minimum atomic E-state index is -5.24. The molecule has 0 unspecified atom stereocenters. The standard InChI is InChI=1S/C8H15F3N4O2S/c1-13-7(12)14-6-2-4-15(5-3-6)18(16,17)8(9,10)11/h6H,2-5H2,1H3,(H3,12,13,14). The molecule has 6 nitrogen and oxygen atoms in total. The van der Waals surface area contributed by atoms with E-state index in [-0.39, 0.29) is 37.9 Å². The molecule has 1 fully saturated rings. The van der Waals surface area contributed by atoms with Gasteiger partial charge in [0.15, 0.2) is 5.96 Å². The number of hydrogen-bond acceptors (Lipinski definition) is 3. The molecule has 0 atom stereocenters. The lowest BCUT2D eigenvalue weighted by Crippen LogP contribution is -2.50. The lowest BCUT2D eigenvalue weighted by Gasteiger charge is -2.32. The Hall–Kier alpha value is -1.03. The van der Waals surface area contributed by atoms with Crippen molar-refractivity contribution in [2.24, 2.45) is 10.7 Å². The Labute approximate surface area is 103 Å². The predicted octanol–water partition coefficient (Wildman–Crippen LogP) is -0.165. The monoisotopic (exact) mass is 288 g/mol. The fraction of sp³-hybridized carbons (Fsp3) is 0.875. The number of nitrogens with one attached hydrogen (secondary N) is 1. The quantitative estimate of drug-likeness (QED) is 0.546. The van der Waals surface area contributed by atoms with Crippen molar-refractivity contribution in [1.29, 1.82) is 0 Å². The first-order chi connectivity index (χ1) is 8.18. The molecule has 1 rings (SSSR count). The molecule has 0 aromatic heterocycles. The highest BCUT2D eigenvalue weighted by Gasteiger charge is 2.50. The van der Waals surface area contributed by atoms with Crippen LogP contribution in [0.25, 0.3) is 0 Å². The zero-order valence-electron chi connectivity index (χ0n) is 9.74. The molecular weight excluding hydrogens is 273 g/mol. The molecule has 1 saturated heterocycles. The largest absolute Gasteiger partial charge is 0.511 e. The summed E-state index contributed by atoms with van der Waals surface area (Å²) in [5.41, 5.74) is 0.182. The van der Waals surface area contributed by atoms with E-state index in [9.17, 15) is 21.6 Å². The molecule has 0 aromatic rings. The normalized spacial score (nSPS) is 21.0. The van der Waals surface area contributed by atoms with Crippen LogP contribution in [0.2, 0.25) is 0 Å². The van der Waals surface area contributed by atoms with Crippen LogP contribution in [-0.2, 0) is 10.0 Å². The number of alkyl halides is 3. The number of nitrogens with two attached hydrogens (primary N) is 1. The number of halogens is 3. The summed E-state index contributed by atoms with van der Waals surface area (Å²) in [4.78, 5) is 3.66. The average molecular weight is 288 g/mol. The van der Waals surface area contributed by atoms with Gasteiger partial charge >= 0.3 is 15.5 Å². The second-order valence-electron chi connectivity index (χ2n) is 3.88. The number of rotatable bonds is 2. The average Bonchev–Trinajstić information content (AvgIpc) is 2.28. The second-order valence-corrected chi connectivity index (χ2v) is 5.81. The topological polar surface area (TPSA) is 87.8 Å². The molecule has 0 saturated carbocycles. The summed E-state index contributed by atoms with van der Waals surface area (Å²) in [5.74, 6) is 0.187. The van der Waals surface area contributed by atoms with Crippen LogP contribution < -0.4 is 11.1 Å². The highest BCUT2D eigenvalue weighted by molar-refractivity contribution is 7.90. The molecule has 0 bridgehead atoms. The van der Waals surface area contributed by atoms with Gasteiger partial charge in [-0.05, 0) is 12.8 Å². The highest BCUT2D eigenvalue weighted by Crippen LogP contribution is 2.28. The highest BCUT2D eigenvalue weighted by atomic mass is 32.2. The first kappa shape index (κ1) is 15.0. The van der Waals surface area contributed by atoms with E-state index < -0.39 is 15.5 Å². The summed E-state index contributed by atoms with van der Waals surface area (Å²) in [6.45, 7) is -0.368. The predicted molar refractivity (Wildman–Crippen MR) is 60.3 cm³/mol. The van der Waals surface area contributed by atoms with E-state index in [0.717, 1.165) is 0 Å². The molecule has 106 valence electrons. The van der Waals surface area contributed by atoms with Crippen molar-refractivity contribution in [1.82, 2.24) is 9.62 Å². The van der Waals surface area contributed by atoms with Gasteiger partial charge < -0.3 is 11.1 Å². The zero-order valence-corrected chi connectivity index (χ0v) is 10.6. The van der Waals surface area contributed by atoms with Crippen molar-refractivity contribution >= 4 is 16.0 Å². The Bertz CT molecular complexity index is 413. The van der Waals surface area contributed by atoms with Gasteiger partial charge in [0.2, 0.25) is 0 Å². The lowest BCUT2D eigenvalue weighted by molar-refractivity contribution is -0.0494. The summed E-state index contributed by atoms with van der Waals surface area (Å²) in [6.07, 6.45) is 0.511. The van der Waals surface area contributed by atoms with Crippen molar-refractivity contribution in [3.8, 4) is 0 Å². The Kier molecular flexibility index (Phi) is 4.43. The van der Waals surface area contributed by atoms with E-state index in [0.29, 0.717) is 4.31 Å². The van der Waals surface area contributed by atoms with E-state index in [1.54, 1.807) is 0 Å². The number of nitrogens with zero attached hydrogens (tertiary/aromatic N) is 2. The van der Waals surface area contributed by atoms with E-state index in [2.05, 4.69) is 10.3 Å². The van der Waals surface area contributed by atoms with Crippen LogP contribution in [-0.4, -0.2) is 50.4 Å². The number of guanidine groups is 1. The fourth-order valence-corrected chi connectivity index (χ4v) is 2.64. The van der Waals surface area contributed by atoms with Crippen LogP contribution in [0.4, 0.5) is 13.2 Å². The van der Waals surface area contributed by atoms with E-state index in [1.165, 1.54) is 7.05 Å². The SMILES string of the molecule is CN=C(N)NC1CCN(S(=O)(=O)C(F)(F)F)CC1. The first-order valence-corrected chi connectivity index (χ1v) is 6.67. The molecular formula is C8H15F3N4O2S. The molecule has 0 aliphatic carbocycles. The van der Waals surface area contributed by atoms with E-state index in [1.807, 2.05) is 0 Å². The van der Waals surface area contributed by atoms with Crippen LogP contribution in [0.15, 0.2) is 4.99 Å². The van der Waals surface area contributed by atoms with Gasteiger partial charge in [-0.3, -0.25) is 4.99 Å². The van der Waals surface area contributed by atoms with Gasteiger partial charge in [0.1, 0.15) is 0 Å². The van der Waals surface area contributed by atoms with Crippen LogP contribution in [0.3, 0.4) is 0 Å². The maximum atomic E-state index is 12.3. The molecule has 0 radical (unpaired) electrons. The van der Waals surface area contributed by atoms with Gasteiger partial charge in [-0.2, -0.15) is 17.5 Å². The summed E-state index contributed by atoms with van der Waals surface area (Å²) < 4.78 is 59.6. The molecule has 0 spiro atoms. The zero-order chi connectivity index (χ0) is 14.0. The molecule has 18 heavy (non-hydrogen) atoms. The second kappa shape index (κ2) is 5.31. The van der Waals surface area contributed by atoms with Crippen molar-refractivity contribution < 1.29 is 21.6 Å². The number of sulfonamides is 1. The van der Waals surface area contributed by atoms with Crippen LogP contribution >= 0.6 is 0 Å². The Morgan fingerprint density at radius 3 is 2.28 bits per heavy atom. The molecule has 10 heteroatoms. The number of piperidine rings is 1.